The van der Waals surface area contributed by atoms with Crippen molar-refractivity contribution in [1.82, 2.24) is 5.01 Å². The number of ether oxygens (including phenoxy) is 1. The summed E-state index contributed by atoms with van der Waals surface area (Å²) in [6.07, 6.45) is -0.688. The van der Waals surface area contributed by atoms with E-state index >= 15 is 0 Å². The van der Waals surface area contributed by atoms with E-state index in [-0.39, 0.29) is 11.8 Å². The summed E-state index contributed by atoms with van der Waals surface area (Å²) in [5.74, 6) is 0.163. The Morgan fingerprint density at radius 3 is 2.82 bits per heavy atom. The summed E-state index contributed by atoms with van der Waals surface area (Å²) >= 11 is 0. The number of hydrogen-bond donors (Lipinski definition) is 4. The van der Waals surface area contributed by atoms with Crippen molar-refractivity contribution in [1.29, 1.82) is 0 Å². The summed E-state index contributed by atoms with van der Waals surface area (Å²) < 4.78 is 18.8. The molecular formula is C13H19FN4O4. The second-order valence-electron chi connectivity index (χ2n) is 5.87. The summed E-state index contributed by atoms with van der Waals surface area (Å²) in [6.45, 7) is 0.0363. The van der Waals surface area contributed by atoms with Gasteiger partial charge in [-0.3, -0.25) is 5.01 Å². The Labute approximate surface area is 126 Å². The van der Waals surface area contributed by atoms with Gasteiger partial charge in [0.2, 0.25) is 0 Å². The van der Waals surface area contributed by atoms with Gasteiger partial charge in [-0.1, -0.05) is 13.0 Å². The lowest BCUT2D eigenvalue weighted by Gasteiger charge is -2.34. The van der Waals surface area contributed by atoms with Gasteiger partial charge in [0, 0.05) is 5.92 Å². The average Bonchev–Trinajstić information content (AvgIpc) is 2.97. The lowest BCUT2D eigenvalue weighted by molar-refractivity contribution is -0.134. The van der Waals surface area contributed by atoms with E-state index in [0.29, 0.717) is 5.70 Å². The van der Waals surface area contributed by atoms with Crippen LogP contribution in [0.3, 0.4) is 0 Å². The van der Waals surface area contributed by atoms with Gasteiger partial charge in [0.05, 0.1) is 18.3 Å². The van der Waals surface area contributed by atoms with Crippen molar-refractivity contribution in [3.05, 3.63) is 11.8 Å². The number of nitrogens with zero attached hydrogens (tertiary/aromatic N) is 3. The molecule has 3 aliphatic rings. The quantitative estimate of drug-likeness (QED) is 0.493. The number of aliphatic hydroxyl groups is 3. The minimum Gasteiger partial charge on any atom is -0.393 e. The number of nitrogens with two attached hydrogens (primary N) is 1. The highest BCUT2D eigenvalue weighted by molar-refractivity contribution is 6.02. The van der Waals surface area contributed by atoms with Crippen molar-refractivity contribution < 1.29 is 24.4 Å². The first-order chi connectivity index (χ1) is 10.4. The molecule has 1 saturated heterocycles. The molecule has 0 aromatic rings. The maximum atomic E-state index is 13.3. The summed E-state index contributed by atoms with van der Waals surface area (Å²) in [5.41, 5.74) is 4.58. The van der Waals surface area contributed by atoms with Crippen LogP contribution in [0.15, 0.2) is 21.9 Å². The van der Waals surface area contributed by atoms with Crippen LogP contribution in [0.5, 0.6) is 0 Å². The number of halogens is 1. The van der Waals surface area contributed by atoms with Crippen LogP contribution in [-0.2, 0) is 4.74 Å². The normalized spacial score (nSPS) is 44.0. The monoisotopic (exact) mass is 314 g/mol. The average molecular weight is 314 g/mol. The lowest BCUT2D eigenvalue weighted by atomic mass is 9.91. The summed E-state index contributed by atoms with van der Waals surface area (Å²) in [4.78, 5) is 3.90. The number of aliphatic imine (C=N–C) groups is 1. The zero-order valence-corrected chi connectivity index (χ0v) is 12.0. The molecule has 122 valence electrons. The third-order valence-electron chi connectivity index (χ3n) is 4.52. The van der Waals surface area contributed by atoms with Crippen LogP contribution < -0.4 is 5.73 Å². The molecule has 0 amide bonds. The number of hydrogen-bond acceptors (Lipinski definition) is 8. The molecule has 0 spiro atoms. The Kier molecular flexibility index (Phi) is 3.68. The van der Waals surface area contributed by atoms with Crippen LogP contribution in [0, 0.1) is 5.92 Å². The molecule has 8 nitrogen and oxygen atoms in total. The van der Waals surface area contributed by atoms with Crippen LogP contribution in [0.1, 0.15) is 6.92 Å². The highest BCUT2D eigenvalue weighted by atomic mass is 19.1. The van der Waals surface area contributed by atoms with E-state index in [9.17, 15) is 19.7 Å². The first-order valence-corrected chi connectivity index (χ1v) is 7.03. The zero-order chi connectivity index (χ0) is 16.1. The molecule has 0 bridgehead atoms. The van der Waals surface area contributed by atoms with Gasteiger partial charge in [0.15, 0.2) is 5.84 Å². The largest absolute Gasteiger partial charge is 0.393 e. The zero-order valence-electron chi connectivity index (χ0n) is 12.0. The van der Waals surface area contributed by atoms with Gasteiger partial charge in [-0.15, -0.1) is 0 Å². The molecule has 0 saturated carbocycles. The number of fused-ring (bicyclic) bond motifs is 1. The smallest absolute Gasteiger partial charge is 0.150 e. The minimum atomic E-state index is -1.81. The number of alkyl halides is 1. The maximum Gasteiger partial charge on any atom is 0.150 e. The first kappa shape index (κ1) is 15.3. The molecule has 1 fully saturated rings. The van der Waals surface area contributed by atoms with Crippen molar-refractivity contribution in [2.24, 2.45) is 21.7 Å². The van der Waals surface area contributed by atoms with Gasteiger partial charge in [-0.25, -0.2) is 9.38 Å². The predicted molar refractivity (Wildman–Crippen MR) is 75.7 cm³/mol. The summed E-state index contributed by atoms with van der Waals surface area (Å²) in [5, 5.41) is 35.4. The van der Waals surface area contributed by atoms with Gasteiger partial charge < -0.3 is 25.8 Å². The standard InChI is InChI=1S/C13H19FN4O4/c1-6-2-7-12(15)16-5-17-18(7)8(6)10-9(20)11(21)13(3-14,4-19)22-10/h2,5-6,8-11,19-21H,3-4H2,1H3,(H2,15,16,17)/t6?,8?,9-,10-,11-,13+/m0/s1. The van der Waals surface area contributed by atoms with E-state index in [1.807, 2.05) is 13.0 Å². The molecule has 0 radical (unpaired) electrons. The van der Waals surface area contributed by atoms with Crippen LogP contribution >= 0.6 is 0 Å². The predicted octanol–water partition coefficient (Wildman–Crippen LogP) is -1.67. The molecule has 5 N–H and O–H groups in total. The van der Waals surface area contributed by atoms with E-state index in [0.717, 1.165) is 0 Å². The molecule has 0 aliphatic carbocycles. The molecule has 6 atom stereocenters. The third kappa shape index (κ3) is 1.97. The number of aliphatic hydroxyl groups excluding tert-OH is 3. The maximum absolute atomic E-state index is 13.3. The molecular weight excluding hydrogens is 295 g/mol. The van der Waals surface area contributed by atoms with Crippen LogP contribution in [0.4, 0.5) is 4.39 Å². The number of hydrazone groups is 1. The van der Waals surface area contributed by atoms with E-state index < -0.39 is 43.2 Å². The Bertz CT molecular complexity index is 548. The van der Waals surface area contributed by atoms with E-state index in [4.69, 9.17) is 10.5 Å². The van der Waals surface area contributed by atoms with Crippen LogP contribution in [0.2, 0.25) is 0 Å². The van der Waals surface area contributed by atoms with Crippen LogP contribution in [0.25, 0.3) is 0 Å². The molecule has 3 heterocycles. The summed E-state index contributed by atoms with van der Waals surface area (Å²) in [7, 11) is 0. The minimum absolute atomic E-state index is 0.125. The van der Waals surface area contributed by atoms with Gasteiger partial charge in [-0.2, -0.15) is 5.10 Å². The van der Waals surface area contributed by atoms with Gasteiger partial charge in [0.25, 0.3) is 0 Å². The molecule has 0 aromatic heterocycles. The highest BCUT2D eigenvalue weighted by Crippen LogP contribution is 2.40. The lowest BCUT2D eigenvalue weighted by Crippen LogP contribution is -2.48. The first-order valence-electron chi connectivity index (χ1n) is 7.03. The molecule has 3 aliphatic heterocycles. The van der Waals surface area contributed by atoms with E-state index in [1.165, 1.54) is 6.34 Å². The van der Waals surface area contributed by atoms with Gasteiger partial charge in [-0.05, 0) is 0 Å². The van der Waals surface area contributed by atoms with Crippen molar-refractivity contribution >= 4 is 12.2 Å². The van der Waals surface area contributed by atoms with Crippen molar-refractivity contribution in [2.45, 2.75) is 36.9 Å². The Morgan fingerprint density at radius 2 is 2.23 bits per heavy atom. The Morgan fingerprint density at radius 1 is 1.50 bits per heavy atom. The second-order valence-corrected chi connectivity index (χ2v) is 5.87. The topological polar surface area (TPSA) is 124 Å². The fraction of sp³-hybridized carbons (Fsp3) is 0.692. The molecule has 2 unspecified atom stereocenters. The molecule has 9 heteroatoms. The number of amidine groups is 1. The van der Waals surface area contributed by atoms with Crippen LogP contribution in [-0.4, -0.2) is 75.7 Å². The van der Waals surface area contributed by atoms with Crippen molar-refractivity contribution in [3.63, 3.8) is 0 Å². The highest BCUT2D eigenvalue weighted by Gasteiger charge is 2.58. The Balaban J connectivity index is 1.90. The molecule has 0 aromatic carbocycles. The number of rotatable bonds is 3. The van der Waals surface area contributed by atoms with Gasteiger partial charge in [0.1, 0.15) is 36.9 Å². The third-order valence-corrected chi connectivity index (χ3v) is 4.52. The summed E-state index contributed by atoms with van der Waals surface area (Å²) in [6, 6.07) is -0.482. The van der Waals surface area contributed by atoms with Crippen molar-refractivity contribution in [3.8, 4) is 0 Å². The molecule has 3 rings (SSSR count). The van der Waals surface area contributed by atoms with E-state index in [1.54, 1.807) is 5.01 Å². The fourth-order valence-corrected chi connectivity index (χ4v) is 3.25. The van der Waals surface area contributed by atoms with Crippen molar-refractivity contribution in [2.75, 3.05) is 13.3 Å². The second kappa shape index (κ2) is 5.27. The molecule has 22 heavy (non-hydrogen) atoms. The van der Waals surface area contributed by atoms with Gasteiger partial charge >= 0.3 is 0 Å². The fourth-order valence-electron chi connectivity index (χ4n) is 3.25. The SMILES string of the molecule is CC1C=C2C(N)=NC=NN2C1[C@@H]1O[C@@](CO)(CF)[C@@H](O)[C@H]1O. The Hall–Kier alpha value is -1.55. The van der Waals surface area contributed by atoms with E-state index in [2.05, 4.69) is 10.1 Å².